The summed E-state index contributed by atoms with van der Waals surface area (Å²) in [4.78, 5) is 2.48. The average Bonchev–Trinajstić information content (AvgIpc) is 3.67. The van der Waals surface area contributed by atoms with Crippen LogP contribution in [-0.4, -0.2) is 0 Å². The molecule has 9 rings (SSSR count). The Morgan fingerprint density at radius 1 is 0.500 bits per heavy atom. The second-order valence-electron chi connectivity index (χ2n) is 18.3. The minimum Gasteiger partial charge on any atom is -0.456 e. The van der Waals surface area contributed by atoms with Crippen molar-refractivity contribution in [2.24, 2.45) is 0 Å². The van der Waals surface area contributed by atoms with E-state index in [2.05, 4.69) is 189 Å². The van der Waals surface area contributed by atoms with Crippen LogP contribution >= 0.6 is 0 Å². The Balaban J connectivity index is 1.31. The molecule has 0 bridgehead atoms. The van der Waals surface area contributed by atoms with Crippen LogP contribution in [0, 0.1) is 0 Å². The number of benzene rings is 6. The van der Waals surface area contributed by atoms with Gasteiger partial charge in [0.25, 0.3) is 0 Å². The Labute approximate surface area is 309 Å². The highest BCUT2D eigenvalue weighted by Crippen LogP contribution is 2.56. The zero-order chi connectivity index (χ0) is 36.5. The molecule has 0 aliphatic heterocycles. The standard InChI is InChI=1S/C50H49NO/c1-47(2,3)30-26-37-35-25-23-32(29-40(35)50(9,10)46(37)41(27-30)48(4,5)6)51(42-19-15-21-44-45(42)36-17-12-14-20-43(36)52-44)31-22-24-34-33-16-11-13-18-38(33)49(7,8)39(34)28-31/h11-29H,1-10H3. The summed E-state index contributed by atoms with van der Waals surface area (Å²) < 4.78 is 6.47. The SMILES string of the molecule is CC(C)(C)c1cc2c(c(C(C)(C)C)c1)C(C)(C)c1cc(N(c3ccc4c(c3)C(C)(C)c3ccccc3-4)c3cccc4oc5ccccc5c34)ccc1-2. The van der Waals surface area contributed by atoms with E-state index in [-0.39, 0.29) is 21.7 Å². The Bertz CT molecular complexity index is 2600. The Hall–Kier alpha value is -5.08. The Morgan fingerprint density at radius 2 is 1.10 bits per heavy atom. The van der Waals surface area contributed by atoms with Crippen molar-refractivity contribution < 1.29 is 4.42 Å². The third-order valence-corrected chi connectivity index (χ3v) is 12.1. The number of anilines is 3. The number of nitrogens with zero attached hydrogens (tertiary/aromatic N) is 1. The lowest BCUT2D eigenvalue weighted by atomic mass is 9.71. The van der Waals surface area contributed by atoms with Crippen LogP contribution in [0.15, 0.2) is 120 Å². The van der Waals surface area contributed by atoms with E-state index in [1.54, 1.807) is 0 Å². The fourth-order valence-corrected chi connectivity index (χ4v) is 9.31. The molecule has 0 radical (unpaired) electrons. The van der Waals surface area contributed by atoms with Gasteiger partial charge in [-0.25, -0.2) is 0 Å². The molecule has 0 N–H and O–H groups in total. The fourth-order valence-electron chi connectivity index (χ4n) is 9.31. The van der Waals surface area contributed by atoms with Gasteiger partial charge in [0.1, 0.15) is 11.2 Å². The molecule has 0 saturated heterocycles. The maximum Gasteiger partial charge on any atom is 0.137 e. The molecule has 2 nitrogen and oxygen atoms in total. The average molecular weight is 680 g/mol. The molecule has 0 spiro atoms. The third kappa shape index (κ3) is 4.62. The Morgan fingerprint density at radius 3 is 1.79 bits per heavy atom. The lowest BCUT2D eigenvalue weighted by Crippen LogP contribution is -2.25. The molecule has 7 aromatic rings. The molecule has 6 aromatic carbocycles. The quantitative estimate of drug-likeness (QED) is 0.185. The number of hydrogen-bond donors (Lipinski definition) is 0. The van der Waals surface area contributed by atoms with Gasteiger partial charge in [-0.1, -0.05) is 142 Å². The summed E-state index contributed by atoms with van der Waals surface area (Å²) in [5.74, 6) is 0. The topological polar surface area (TPSA) is 16.4 Å². The molecule has 2 aliphatic rings. The van der Waals surface area contributed by atoms with Crippen LogP contribution in [0.25, 0.3) is 44.2 Å². The fraction of sp³-hybridized carbons (Fsp3) is 0.280. The molecule has 0 amide bonds. The first kappa shape index (κ1) is 32.8. The molecule has 1 heterocycles. The lowest BCUT2D eigenvalue weighted by molar-refractivity contribution is 0.545. The molecule has 1 aromatic heterocycles. The summed E-state index contributed by atoms with van der Waals surface area (Å²) >= 11 is 0. The summed E-state index contributed by atoms with van der Waals surface area (Å²) in [6.45, 7) is 23.7. The lowest BCUT2D eigenvalue weighted by Gasteiger charge is -2.33. The van der Waals surface area contributed by atoms with Gasteiger partial charge in [-0.3, -0.25) is 0 Å². The molecule has 2 heteroatoms. The van der Waals surface area contributed by atoms with Gasteiger partial charge in [-0.15, -0.1) is 0 Å². The number of para-hydroxylation sites is 1. The summed E-state index contributed by atoms with van der Waals surface area (Å²) in [5, 5.41) is 2.26. The van der Waals surface area contributed by atoms with E-state index >= 15 is 0 Å². The van der Waals surface area contributed by atoms with E-state index in [0.717, 1.165) is 39.0 Å². The largest absolute Gasteiger partial charge is 0.456 e. The van der Waals surface area contributed by atoms with Crippen molar-refractivity contribution in [3.63, 3.8) is 0 Å². The van der Waals surface area contributed by atoms with Crippen LogP contribution in [0.5, 0.6) is 0 Å². The van der Waals surface area contributed by atoms with E-state index in [4.69, 9.17) is 4.42 Å². The summed E-state index contributed by atoms with van der Waals surface area (Å²) in [6.07, 6.45) is 0. The predicted molar refractivity (Wildman–Crippen MR) is 221 cm³/mol. The van der Waals surface area contributed by atoms with Gasteiger partial charge in [-0.2, -0.15) is 0 Å². The van der Waals surface area contributed by atoms with Crippen molar-refractivity contribution in [3.8, 4) is 22.3 Å². The second-order valence-corrected chi connectivity index (χ2v) is 18.3. The minimum absolute atomic E-state index is 0.00625. The van der Waals surface area contributed by atoms with Crippen LogP contribution in [0.4, 0.5) is 17.1 Å². The van der Waals surface area contributed by atoms with Gasteiger partial charge in [0.05, 0.1) is 11.1 Å². The molecule has 0 fully saturated rings. The Kier molecular flexibility index (Phi) is 6.77. The van der Waals surface area contributed by atoms with E-state index in [1.807, 2.05) is 0 Å². The highest BCUT2D eigenvalue weighted by atomic mass is 16.3. The van der Waals surface area contributed by atoms with Gasteiger partial charge < -0.3 is 9.32 Å². The van der Waals surface area contributed by atoms with Gasteiger partial charge >= 0.3 is 0 Å². The van der Waals surface area contributed by atoms with Crippen molar-refractivity contribution in [2.45, 2.75) is 90.9 Å². The van der Waals surface area contributed by atoms with Crippen molar-refractivity contribution in [3.05, 3.63) is 149 Å². The number of rotatable bonds is 3. The minimum atomic E-state index is -0.179. The van der Waals surface area contributed by atoms with Crippen LogP contribution < -0.4 is 4.90 Å². The molecular weight excluding hydrogens is 631 g/mol. The highest BCUT2D eigenvalue weighted by molar-refractivity contribution is 6.13. The summed E-state index contributed by atoms with van der Waals surface area (Å²) in [6, 6.07) is 43.1. The second kappa shape index (κ2) is 10.7. The van der Waals surface area contributed by atoms with Crippen molar-refractivity contribution in [1.29, 1.82) is 0 Å². The van der Waals surface area contributed by atoms with E-state index < -0.39 is 0 Å². The first-order valence-electron chi connectivity index (χ1n) is 18.9. The number of fused-ring (bicyclic) bond motifs is 9. The van der Waals surface area contributed by atoms with Gasteiger partial charge in [0.2, 0.25) is 0 Å². The maximum atomic E-state index is 6.47. The predicted octanol–water partition coefficient (Wildman–Crippen LogP) is 14.3. The van der Waals surface area contributed by atoms with E-state index in [0.29, 0.717) is 0 Å². The summed E-state index contributed by atoms with van der Waals surface area (Å²) in [5.41, 5.74) is 18.8. The van der Waals surface area contributed by atoms with Crippen LogP contribution in [0.3, 0.4) is 0 Å². The van der Waals surface area contributed by atoms with Crippen molar-refractivity contribution in [2.75, 3.05) is 4.90 Å². The molecule has 0 unspecified atom stereocenters. The third-order valence-electron chi connectivity index (χ3n) is 12.1. The molecule has 52 heavy (non-hydrogen) atoms. The monoisotopic (exact) mass is 679 g/mol. The highest BCUT2D eigenvalue weighted by Gasteiger charge is 2.41. The van der Waals surface area contributed by atoms with Crippen LogP contribution in [-0.2, 0) is 21.7 Å². The zero-order valence-electron chi connectivity index (χ0n) is 32.3. The zero-order valence-corrected chi connectivity index (χ0v) is 32.3. The van der Waals surface area contributed by atoms with E-state index in [9.17, 15) is 0 Å². The molecule has 0 atom stereocenters. The van der Waals surface area contributed by atoms with Crippen LogP contribution in [0.2, 0.25) is 0 Å². The summed E-state index contributed by atoms with van der Waals surface area (Å²) in [7, 11) is 0. The molecule has 0 saturated carbocycles. The molecular formula is C50H49NO. The molecule has 260 valence electrons. The number of hydrogen-bond acceptors (Lipinski definition) is 2. The van der Waals surface area contributed by atoms with Crippen molar-refractivity contribution >= 4 is 39.0 Å². The van der Waals surface area contributed by atoms with Gasteiger partial charge in [-0.05, 0) is 109 Å². The first-order chi connectivity index (χ1) is 24.6. The van der Waals surface area contributed by atoms with E-state index in [1.165, 1.54) is 55.6 Å². The number of furan rings is 1. The van der Waals surface area contributed by atoms with Crippen molar-refractivity contribution in [1.82, 2.24) is 0 Å². The smallest absolute Gasteiger partial charge is 0.137 e. The van der Waals surface area contributed by atoms with Gasteiger partial charge in [0.15, 0.2) is 0 Å². The first-order valence-corrected chi connectivity index (χ1v) is 18.9. The van der Waals surface area contributed by atoms with Gasteiger partial charge in [0, 0.05) is 27.6 Å². The van der Waals surface area contributed by atoms with Crippen LogP contribution in [0.1, 0.15) is 103 Å². The maximum absolute atomic E-state index is 6.47. The molecule has 2 aliphatic carbocycles. The normalized spacial score (nSPS) is 15.4.